The van der Waals surface area contributed by atoms with Gasteiger partial charge in [0.2, 0.25) is 5.78 Å². The zero-order valence-electron chi connectivity index (χ0n) is 12.4. The predicted octanol–water partition coefficient (Wildman–Crippen LogP) is 1.79. The van der Waals surface area contributed by atoms with Crippen LogP contribution in [0.25, 0.3) is 0 Å². The van der Waals surface area contributed by atoms with Crippen molar-refractivity contribution in [1.29, 1.82) is 0 Å². The molecule has 2 N–H and O–H groups in total. The van der Waals surface area contributed by atoms with E-state index in [0.717, 1.165) is 42.6 Å². The molecule has 1 saturated heterocycles. The zero-order chi connectivity index (χ0) is 15.5. The third kappa shape index (κ3) is 2.95. The summed E-state index contributed by atoms with van der Waals surface area (Å²) in [6, 6.07) is 3.31. The molecule has 0 amide bonds. The van der Waals surface area contributed by atoms with Gasteiger partial charge in [0.1, 0.15) is 5.69 Å². The average Bonchev–Trinajstić information content (AvgIpc) is 2.74. The Balaban J connectivity index is 1.89. The summed E-state index contributed by atoms with van der Waals surface area (Å²) in [5.74, 6) is -0.216. The number of ketones is 1. The number of nitrogens with zero attached hydrogens (tertiary/aromatic N) is 3. The molecule has 1 radical (unpaired) electrons. The third-order valence-corrected chi connectivity index (χ3v) is 4.69. The van der Waals surface area contributed by atoms with Crippen molar-refractivity contribution in [2.45, 2.75) is 13.3 Å². The summed E-state index contributed by atoms with van der Waals surface area (Å²) in [4.78, 5) is 24.1. The molecule has 0 spiro atoms. The summed E-state index contributed by atoms with van der Waals surface area (Å²) in [5.41, 5.74) is 8.53. The number of hydrogen-bond acceptors (Lipinski definition) is 6. The van der Waals surface area contributed by atoms with Gasteiger partial charge < -0.3 is 10.2 Å². The molecule has 22 heavy (non-hydrogen) atoms. The first-order valence-electron chi connectivity index (χ1n) is 7.31. The lowest BCUT2D eigenvalue weighted by Crippen LogP contribution is -2.27. The number of thiazole rings is 1. The molecule has 0 aromatic carbocycles. The van der Waals surface area contributed by atoms with Gasteiger partial charge >= 0.3 is 0 Å². The molecule has 6 nitrogen and oxygen atoms in total. The fourth-order valence-corrected chi connectivity index (χ4v) is 3.44. The first kappa shape index (κ1) is 14.9. The lowest BCUT2D eigenvalue weighted by Gasteiger charge is -2.18. The van der Waals surface area contributed by atoms with Crippen LogP contribution in [-0.2, 0) is 0 Å². The van der Waals surface area contributed by atoms with Crippen molar-refractivity contribution in [3.8, 4) is 0 Å². The molecule has 1 aliphatic heterocycles. The Morgan fingerprint density at radius 1 is 1.41 bits per heavy atom. The van der Waals surface area contributed by atoms with E-state index in [1.807, 2.05) is 6.92 Å². The van der Waals surface area contributed by atoms with E-state index in [4.69, 9.17) is 5.73 Å². The maximum atomic E-state index is 12.6. The standard InChI is InChI=1S/C15H18N5OS/c1-10-12(13(21)11-4-2-6-18-14(11)16)19-15(22-10)20-8-3-5-17-7-9-20/h2,4,6,16-17H,3,5,7-9H2,1H3. The van der Waals surface area contributed by atoms with Crippen molar-refractivity contribution < 1.29 is 4.79 Å². The fourth-order valence-electron chi connectivity index (χ4n) is 2.48. The molecule has 1 aliphatic rings. The molecule has 0 unspecified atom stereocenters. The zero-order valence-corrected chi connectivity index (χ0v) is 13.2. The van der Waals surface area contributed by atoms with Crippen LogP contribution in [0.1, 0.15) is 27.3 Å². The van der Waals surface area contributed by atoms with Gasteiger partial charge in [0, 0.05) is 30.7 Å². The van der Waals surface area contributed by atoms with Crippen molar-refractivity contribution in [3.63, 3.8) is 0 Å². The number of nitrogens with one attached hydrogen (secondary N) is 2. The van der Waals surface area contributed by atoms with Crippen LogP contribution >= 0.6 is 11.3 Å². The lowest BCUT2D eigenvalue weighted by atomic mass is 10.1. The van der Waals surface area contributed by atoms with E-state index >= 15 is 0 Å². The molecule has 2 aromatic heterocycles. The summed E-state index contributed by atoms with van der Waals surface area (Å²) < 4.78 is 0. The van der Waals surface area contributed by atoms with Gasteiger partial charge in [-0.3, -0.25) is 10.5 Å². The quantitative estimate of drug-likeness (QED) is 0.873. The second kappa shape index (κ2) is 6.41. The van der Waals surface area contributed by atoms with Crippen LogP contribution < -0.4 is 16.0 Å². The van der Waals surface area contributed by atoms with Crippen LogP contribution in [0.4, 0.5) is 10.9 Å². The van der Waals surface area contributed by atoms with Crippen LogP contribution in [0.3, 0.4) is 0 Å². The molecule has 115 valence electrons. The van der Waals surface area contributed by atoms with E-state index in [2.05, 4.69) is 20.2 Å². The van der Waals surface area contributed by atoms with Crippen LogP contribution in [0.5, 0.6) is 0 Å². The Morgan fingerprint density at radius 2 is 2.27 bits per heavy atom. The SMILES string of the molecule is Cc1sc(N2CCCNCC2)nc1C(=O)c1cccnc1[NH]. The second-order valence-electron chi connectivity index (χ2n) is 5.22. The molecule has 3 rings (SSSR count). The Kier molecular flexibility index (Phi) is 4.35. The van der Waals surface area contributed by atoms with E-state index in [-0.39, 0.29) is 11.6 Å². The van der Waals surface area contributed by atoms with Crippen LogP contribution in [0.15, 0.2) is 18.3 Å². The molecular formula is C15H18N5OS. The topological polar surface area (TPSA) is 81.9 Å². The van der Waals surface area contributed by atoms with Crippen molar-refractivity contribution in [1.82, 2.24) is 21.0 Å². The highest BCUT2D eigenvalue weighted by Crippen LogP contribution is 2.28. The number of aromatic nitrogens is 2. The first-order valence-corrected chi connectivity index (χ1v) is 8.13. The maximum Gasteiger partial charge on any atom is 0.216 e. The minimum Gasteiger partial charge on any atom is -0.347 e. The molecule has 0 atom stereocenters. The number of anilines is 1. The molecular weight excluding hydrogens is 298 g/mol. The van der Waals surface area contributed by atoms with E-state index in [0.29, 0.717) is 11.3 Å². The second-order valence-corrected chi connectivity index (χ2v) is 6.40. The molecule has 0 bridgehead atoms. The van der Waals surface area contributed by atoms with E-state index in [1.165, 1.54) is 6.20 Å². The van der Waals surface area contributed by atoms with Gasteiger partial charge in [0.25, 0.3) is 0 Å². The highest BCUT2D eigenvalue weighted by molar-refractivity contribution is 7.15. The van der Waals surface area contributed by atoms with Gasteiger partial charge in [-0.2, -0.15) is 0 Å². The Bertz CT molecular complexity index is 676. The Labute approximate surface area is 133 Å². The normalized spacial score (nSPS) is 15.6. The Morgan fingerprint density at radius 3 is 3.09 bits per heavy atom. The maximum absolute atomic E-state index is 12.6. The van der Waals surface area contributed by atoms with E-state index < -0.39 is 0 Å². The molecule has 2 aromatic rings. The van der Waals surface area contributed by atoms with Gasteiger partial charge in [-0.25, -0.2) is 9.97 Å². The smallest absolute Gasteiger partial charge is 0.216 e. The fraction of sp³-hybridized carbons (Fsp3) is 0.400. The van der Waals surface area contributed by atoms with Crippen LogP contribution in [0, 0.1) is 6.92 Å². The van der Waals surface area contributed by atoms with Crippen molar-refractivity contribution in [3.05, 3.63) is 34.5 Å². The molecule has 0 saturated carbocycles. The minimum absolute atomic E-state index is 0.000391. The molecule has 0 aliphatic carbocycles. The number of aryl methyl sites for hydroxylation is 1. The van der Waals surface area contributed by atoms with Crippen molar-refractivity contribution in [2.75, 3.05) is 31.1 Å². The van der Waals surface area contributed by atoms with E-state index in [9.17, 15) is 4.79 Å². The largest absolute Gasteiger partial charge is 0.347 e. The summed E-state index contributed by atoms with van der Waals surface area (Å²) in [6.07, 6.45) is 2.59. The van der Waals surface area contributed by atoms with Crippen LogP contribution in [-0.4, -0.2) is 41.9 Å². The molecule has 7 heteroatoms. The summed E-state index contributed by atoms with van der Waals surface area (Å²) >= 11 is 1.54. The van der Waals surface area contributed by atoms with Gasteiger partial charge in [-0.1, -0.05) is 0 Å². The van der Waals surface area contributed by atoms with E-state index in [1.54, 1.807) is 23.5 Å². The van der Waals surface area contributed by atoms with Gasteiger partial charge in [0.05, 0.1) is 5.56 Å². The van der Waals surface area contributed by atoms with Gasteiger partial charge in [-0.15, -0.1) is 11.3 Å². The van der Waals surface area contributed by atoms with Gasteiger partial charge in [0.15, 0.2) is 10.9 Å². The number of carbonyl (C=O) groups excluding carboxylic acids is 1. The summed E-state index contributed by atoms with van der Waals surface area (Å²) in [5, 5.41) is 4.25. The van der Waals surface area contributed by atoms with Crippen LogP contribution in [0.2, 0.25) is 0 Å². The first-order chi connectivity index (χ1) is 10.7. The lowest BCUT2D eigenvalue weighted by molar-refractivity contribution is 0.103. The number of pyridine rings is 1. The number of rotatable bonds is 3. The summed E-state index contributed by atoms with van der Waals surface area (Å²) in [7, 11) is 0. The highest BCUT2D eigenvalue weighted by atomic mass is 32.1. The number of carbonyl (C=O) groups is 1. The van der Waals surface area contributed by atoms with Crippen molar-refractivity contribution >= 4 is 28.1 Å². The highest BCUT2D eigenvalue weighted by Gasteiger charge is 2.22. The molecule has 3 heterocycles. The minimum atomic E-state index is -0.217. The van der Waals surface area contributed by atoms with Gasteiger partial charge in [-0.05, 0) is 32.0 Å². The summed E-state index contributed by atoms with van der Waals surface area (Å²) in [6.45, 7) is 5.71. The third-order valence-electron chi connectivity index (χ3n) is 3.66. The molecule has 1 fully saturated rings. The van der Waals surface area contributed by atoms with Crippen molar-refractivity contribution in [2.24, 2.45) is 0 Å². The average molecular weight is 316 g/mol. The predicted molar refractivity (Wildman–Crippen MR) is 87.0 cm³/mol. The number of hydrogen-bond donors (Lipinski definition) is 1. The monoisotopic (exact) mass is 316 g/mol. The Hall–Kier alpha value is -1.99.